The molecule has 0 spiro atoms. The first-order valence-corrected chi connectivity index (χ1v) is 15.7. The van der Waals surface area contributed by atoms with E-state index in [4.69, 9.17) is 14.7 Å². The summed E-state index contributed by atoms with van der Waals surface area (Å²) in [6, 6.07) is 10.5. The van der Waals surface area contributed by atoms with Gasteiger partial charge in [0.05, 0.1) is 5.54 Å². The zero-order chi connectivity index (χ0) is 29.1. The molecule has 4 aliphatic rings. The third kappa shape index (κ3) is 4.62. The van der Waals surface area contributed by atoms with Crippen LogP contribution in [-0.4, -0.2) is 81.3 Å². The number of aromatic amines is 1. The Kier molecular flexibility index (Phi) is 6.52. The van der Waals surface area contributed by atoms with Gasteiger partial charge in [0.15, 0.2) is 5.82 Å². The number of carboxylic acid groups (broad SMARTS) is 1. The van der Waals surface area contributed by atoms with Crippen molar-refractivity contribution in [1.29, 1.82) is 0 Å². The summed E-state index contributed by atoms with van der Waals surface area (Å²) >= 11 is 0. The van der Waals surface area contributed by atoms with E-state index in [1.165, 1.54) is 12.8 Å². The number of carbonyl (C=O) groups is 1. The highest BCUT2D eigenvalue weighted by Crippen LogP contribution is 2.41. The number of aliphatic carboxylic acids is 1. The average molecular weight is 585 g/mol. The molecule has 0 saturated carbocycles. The second-order valence-electron chi connectivity index (χ2n) is 12.8. The predicted octanol–water partition coefficient (Wildman–Crippen LogP) is 4.88. The summed E-state index contributed by atoms with van der Waals surface area (Å²) < 4.78 is 23.2. The van der Waals surface area contributed by atoms with Gasteiger partial charge in [-0.25, -0.2) is 4.39 Å². The summed E-state index contributed by atoms with van der Waals surface area (Å²) in [5.41, 5.74) is 3.13. The van der Waals surface area contributed by atoms with E-state index in [0.717, 1.165) is 74.1 Å². The Morgan fingerprint density at radius 2 is 1.86 bits per heavy atom. The number of ether oxygens (including phenoxy) is 1. The van der Waals surface area contributed by atoms with Crippen molar-refractivity contribution in [3.8, 4) is 17.1 Å². The average Bonchev–Trinajstić information content (AvgIpc) is 3.78. The minimum Gasteiger partial charge on any atom is -0.481 e. The minimum absolute atomic E-state index is 0.00677. The van der Waals surface area contributed by atoms with Gasteiger partial charge in [-0.05, 0) is 75.7 Å². The largest absolute Gasteiger partial charge is 0.481 e. The van der Waals surface area contributed by atoms with E-state index in [1.54, 1.807) is 6.20 Å². The Morgan fingerprint density at radius 1 is 1.07 bits per heavy atom. The number of benzene rings is 2. The van der Waals surface area contributed by atoms with E-state index in [9.17, 15) is 9.90 Å². The lowest BCUT2D eigenvalue weighted by molar-refractivity contribution is -0.136. The van der Waals surface area contributed by atoms with Crippen molar-refractivity contribution >= 4 is 33.6 Å². The molecule has 4 fully saturated rings. The molecule has 4 saturated heterocycles. The van der Waals surface area contributed by atoms with Crippen LogP contribution in [-0.2, 0) is 11.2 Å². The number of hydrogen-bond acceptors (Lipinski definition) is 7. The Hall–Kier alpha value is -3.76. The quantitative estimate of drug-likeness (QED) is 0.269. The zero-order valence-electron chi connectivity index (χ0n) is 24.2. The molecule has 2 aromatic heterocycles. The van der Waals surface area contributed by atoms with Gasteiger partial charge in [-0.1, -0.05) is 18.2 Å². The summed E-state index contributed by atoms with van der Waals surface area (Å²) in [7, 11) is 0. The molecule has 0 unspecified atom stereocenters. The van der Waals surface area contributed by atoms with Crippen LogP contribution in [0.4, 0.5) is 10.2 Å². The number of aromatic nitrogens is 3. The maximum absolute atomic E-state index is 16.8. The lowest BCUT2D eigenvalue weighted by Crippen LogP contribution is -2.51. The fourth-order valence-electron chi connectivity index (χ4n) is 8.19. The highest BCUT2D eigenvalue weighted by molar-refractivity contribution is 6.01. The standard InChI is InChI=1S/C33H37FN6O3/c34-29-23(25-16-35-26-5-1-4-20(28(25)26)6-11-27(41)42)9-10-24-30(29)37-32(43-19-33-12-2-14-40(33)15-3-13-33)38-31(24)39-17-21-7-8-22(18-39)36-21/h1,4-5,9-10,16,21-22,35-36H,2-3,6-8,11-15,17-19H2,(H,41,42)/t21-,22+. The summed E-state index contributed by atoms with van der Waals surface area (Å²) in [5.74, 6) is -0.543. The van der Waals surface area contributed by atoms with E-state index in [-0.39, 0.29) is 23.5 Å². The first-order valence-electron chi connectivity index (χ1n) is 15.7. The summed E-state index contributed by atoms with van der Waals surface area (Å²) in [6.45, 7) is 4.36. The highest BCUT2D eigenvalue weighted by Gasteiger charge is 2.45. The molecular formula is C33H37FN6O3. The molecule has 0 amide bonds. The normalized spacial score (nSPS) is 23.0. The number of piperazine rings is 1. The summed E-state index contributed by atoms with van der Waals surface area (Å²) in [6.07, 6.45) is 9.01. The fourth-order valence-corrected chi connectivity index (χ4v) is 8.19. The number of nitrogens with one attached hydrogen (secondary N) is 2. The van der Waals surface area contributed by atoms with Crippen molar-refractivity contribution in [1.82, 2.24) is 25.2 Å². The highest BCUT2D eigenvalue weighted by atomic mass is 19.1. The van der Waals surface area contributed by atoms with Gasteiger partial charge in [0.1, 0.15) is 17.9 Å². The molecule has 2 atom stereocenters. The Balaban J connectivity index is 1.22. The van der Waals surface area contributed by atoms with Gasteiger partial charge in [-0.3, -0.25) is 9.69 Å². The third-order valence-corrected chi connectivity index (χ3v) is 10.3. The molecule has 9 nitrogen and oxygen atoms in total. The maximum atomic E-state index is 16.8. The fraction of sp³-hybridized carbons (Fsp3) is 0.485. The first-order chi connectivity index (χ1) is 21.0. The molecule has 2 aromatic carbocycles. The molecule has 4 aromatic rings. The Morgan fingerprint density at radius 3 is 2.63 bits per heavy atom. The number of fused-ring (bicyclic) bond motifs is 5. The van der Waals surface area contributed by atoms with Crippen LogP contribution in [0.15, 0.2) is 36.5 Å². The van der Waals surface area contributed by atoms with Crippen LogP contribution in [0, 0.1) is 5.82 Å². The lowest BCUT2D eigenvalue weighted by atomic mass is 9.95. The molecule has 0 radical (unpaired) electrons. The van der Waals surface area contributed by atoms with E-state index in [1.807, 2.05) is 30.3 Å². The van der Waals surface area contributed by atoms with Crippen LogP contribution in [0.5, 0.6) is 6.01 Å². The smallest absolute Gasteiger partial charge is 0.319 e. The zero-order valence-corrected chi connectivity index (χ0v) is 24.2. The van der Waals surface area contributed by atoms with Gasteiger partial charge in [0, 0.05) is 65.2 Å². The van der Waals surface area contributed by atoms with Crippen LogP contribution >= 0.6 is 0 Å². The van der Waals surface area contributed by atoms with Gasteiger partial charge >= 0.3 is 12.0 Å². The van der Waals surface area contributed by atoms with Crippen molar-refractivity contribution in [2.75, 3.05) is 37.7 Å². The predicted molar refractivity (Wildman–Crippen MR) is 163 cm³/mol. The first kappa shape index (κ1) is 26.8. The van der Waals surface area contributed by atoms with Crippen molar-refractivity contribution in [3.05, 3.63) is 47.9 Å². The Bertz CT molecular complexity index is 1700. The number of aryl methyl sites for hydroxylation is 1. The monoisotopic (exact) mass is 584 g/mol. The molecule has 3 N–H and O–H groups in total. The van der Waals surface area contributed by atoms with Crippen molar-refractivity contribution in [2.45, 2.75) is 69.0 Å². The van der Waals surface area contributed by atoms with E-state index >= 15 is 4.39 Å². The second-order valence-corrected chi connectivity index (χ2v) is 12.8. The number of rotatable bonds is 8. The molecule has 43 heavy (non-hydrogen) atoms. The Labute approximate surface area is 249 Å². The van der Waals surface area contributed by atoms with Gasteiger partial charge in [0.2, 0.25) is 0 Å². The number of carboxylic acids is 1. The molecular weight excluding hydrogens is 547 g/mol. The number of H-pyrrole nitrogens is 1. The maximum Gasteiger partial charge on any atom is 0.319 e. The van der Waals surface area contributed by atoms with E-state index in [2.05, 4.69) is 20.1 Å². The van der Waals surface area contributed by atoms with Gasteiger partial charge in [-0.15, -0.1) is 0 Å². The van der Waals surface area contributed by atoms with Crippen LogP contribution in [0.2, 0.25) is 0 Å². The molecule has 10 heteroatoms. The van der Waals surface area contributed by atoms with Crippen LogP contribution in [0.1, 0.15) is 50.5 Å². The van der Waals surface area contributed by atoms with Gasteiger partial charge < -0.3 is 25.0 Å². The lowest BCUT2D eigenvalue weighted by Gasteiger charge is -2.34. The topological polar surface area (TPSA) is 107 Å². The van der Waals surface area contributed by atoms with Crippen LogP contribution in [0.3, 0.4) is 0 Å². The van der Waals surface area contributed by atoms with Crippen molar-refractivity contribution < 1.29 is 19.0 Å². The molecule has 2 bridgehead atoms. The minimum atomic E-state index is -0.859. The molecule has 6 heterocycles. The molecule has 0 aliphatic carbocycles. The SMILES string of the molecule is O=C(O)CCc1cccc2[nH]cc(-c3ccc4c(N5C[C@H]6CC[C@@H](C5)N6)nc(OCC56CCCN5CCC6)nc4c3F)c12. The van der Waals surface area contributed by atoms with Crippen molar-refractivity contribution in [3.63, 3.8) is 0 Å². The number of halogens is 1. The third-order valence-electron chi connectivity index (χ3n) is 10.3. The number of hydrogen-bond donors (Lipinski definition) is 3. The summed E-state index contributed by atoms with van der Waals surface area (Å²) in [4.78, 5) is 29.1. The molecule has 4 aliphatic heterocycles. The van der Waals surface area contributed by atoms with Gasteiger partial charge in [-0.2, -0.15) is 9.97 Å². The second kappa shape index (κ2) is 10.4. The molecule has 224 valence electrons. The van der Waals surface area contributed by atoms with Crippen LogP contribution in [0.25, 0.3) is 32.9 Å². The van der Waals surface area contributed by atoms with Gasteiger partial charge in [0.25, 0.3) is 0 Å². The summed E-state index contributed by atoms with van der Waals surface area (Å²) in [5, 5.41) is 14.5. The number of anilines is 1. The van der Waals surface area contributed by atoms with E-state index in [0.29, 0.717) is 41.6 Å². The molecule has 8 rings (SSSR count). The van der Waals surface area contributed by atoms with E-state index < -0.39 is 11.8 Å². The number of nitrogens with zero attached hydrogens (tertiary/aromatic N) is 4. The van der Waals surface area contributed by atoms with Crippen molar-refractivity contribution in [2.24, 2.45) is 0 Å². The van der Waals surface area contributed by atoms with Crippen LogP contribution < -0.4 is 15.0 Å².